The number of carbonyl (C=O) groups excluding carboxylic acids is 1. The van der Waals surface area contributed by atoms with Crippen LogP contribution in [0.5, 0.6) is 0 Å². The summed E-state index contributed by atoms with van der Waals surface area (Å²) in [5, 5.41) is 11.1. The van der Waals surface area contributed by atoms with Crippen LogP contribution in [-0.4, -0.2) is 38.2 Å². The largest absolute Gasteiger partial charge is 0.404 e. The first kappa shape index (κ1) is 25.2. The van der Waals surface area contributed by atoms with E-state index in [1.54, 1.807) is 6.07 Å². The third-order valence-corrected chi connectivity index (χ3v) is 5.96. The molecule has 0 fully saturated rings. The van der Waals surface area contributed by atoms with Crippen molar-refractivity contribution < 1.29 is 39.9 Å². The van der Waals surface area contributed by atoms with E-state index >= 15 is 4.39 Å². The highest BCUT2D eigenvalue weighted by Gasteiger charge is 2.41. The molecule has 174 valence electrons. The van der Waals surface area contributed by atoms with E-state index in [1.165, 1.54) is 4.72 Å². The number of ether oxygens (including phenoxy) is 1. The van der Waals surface area contributed by atoms with Crippen LogP contribution in [-0.2, 0) is 28.4 Å². The van der Waals surface area contributed by atoms with Gasteiger partial charge in [0.25, 0.3) is 5.91 Å². The summed E-state index contributed by atoms with van der Waals surface area (Å²) in [7, 11) is -2.82. The smallest absolute Gasteiger partial charge is 0.378 e. The van der Waals surface area contributed by atoms with E-state index in [4.69, 9.17) is 10.00 Å². The van der Waals surface area contributed by atoms with Gasteiger partial charge in [0.15, 0.2) is 5.82 Å². The van der Waals surface area contributed by atoms with Gasteiger partial charge in [0, 0.05) is 19.8 Å². The Morgan fingerprint density at radius 2 is 1.94 bits per heavy atom. The average Bonchev–Trinajstić information content (AvgIpc) is 2.93. The van der Waals surface area contributed by atoms with E-state index in [9.17, 15) is 30.8 Å². The summed E-state index contributed by atoms with van der Waals surface area (Å²) in [5.41, 5.74) is -1.77. The molecule has 0 spiro atoms. The molecule has 0 radical (unpaired) electrons. The van der Waals surface area contributed by atoms with Gasteiger partial charge in [-0.2, -0.15) is 23.2 Å². The maximum absolute atomic E-state index is 15.1. The van der Waals surface area contributed by atoms with Crippen LogP contribution in [0.2, 0.25) is 0 Å². The number of benzene rings is 1. The van der Waals surface area contributed by atoms with Gasteiger partial charge in [0.1, 0.15) is 28.5 Å². The van der Waals surface area contributed by atoms with Gasteiger partial charge in [0.05, 0.1) is 17.9 Å². The minimum Gasteiger partial charge on any atom is -0.378 e. The molecule has 0 aliphatic carbocycles. The third-order valence-electron chi connectivity index (χ3n) is 4.34. The molecule has 0 saturated heterocycles. The third kappa shape index (κ3) is 5.06. The maximum atomic E-state index is 15.1. The topological polar surface area (TPSA) is 113 Å². The summed E-state index contributed by atoms with van der Waals surface area (Å²) in [6.45, 7) is -0.0181. The minimum absolute atomic E-state index is 0.102. The van der Waals surface area contributed by atoms with Gasteiger partial charge in [-0.1, -0.05) is 0 Å². The van der Waals surface area contributed by atoms with Crippen molar-refractivity contribution in [2.24, 2.45) is 7.05 Å². The Morgan fingerprint density at radius 1 is 1.31 bits per heavy atom. The van der Waals surface area contributed by atoms with Gasteiger partial charge in [0.2, 0.25) is 10.0 Å². The highest BCUT2D eigenvalue weighted by atomic mass is 32.2. The summed E-state index contributed by atoms with van der Waals surface area (Å²) in [6, 6.07) is 1.94. The Labute approximate surface area is 179 Å². The Morgan fingerprint density at radius 3 is 2.47 bits per heavy atom. The normalized spacial score (nSPS) is 13.0. The number of carbonyl (C=O) groups is 1. The number of hydrogen-bond acceptors (Lipinski definition) is 5. The molecule has 1 aromatic heterocycles. The van der Waals surface area contributed by atoms with Crippen LogP contribution in [0, 0.1) is 23.0 Å². The van der Waals surface area contributed by atoms with Crippen molar-refractivity contribution in [3.63, 3.8) is 0 Å². The molecule has 0 aliphatic heterocycles. The fourth-order valence-electron chi connectivity index (χ4n) is 2.73. The molecular formula is C18H17F5N4O4S. The maximum Gasteiger partial charge on any atom is 0.404 e. The number of methoxy groups -OCH3 is 1. The first-order valence-electron chi connectivity index (χ1n) is 8.70. The lowest BCUT2D eigenvalue weighted by Gasteiger charge is -2.17. The molecule has 1 heterocycles. The van der Waals surface area contributed by atoms with Crippen molar-refractivity contribution in [2.75, 3.05) is 12.4 Å². The van der Waals surface area contributed by atoms with Gasteiger partial charge in [-0.25, -0.2) is 17.2 Å². The van der Waals surface area contributed by atoms with Crippen LogP contribution < -0.4 is 10.0 Å². The summed E-state index contributed by atoms with van der Waals surface area (Å²) in [4.78, 5) is 11.5. The second-order valence-corrected chi connectivity index (χ2v) is 8.23. The summed E-state index contributed by atoms with van der Waals surface area (Å²) in [5.74, 6) is -3.67. The Bertz CT molecular complexity index is 1190. The van der Waals surface area contributed by atoms with E-state index in [1.807, 2.05) is 0 Å². The summed E-state index contributed by atoms with van der Waals surface area (Å²) >= 11 is 0. The van der Waals surface area contributed by atoms with Gasteiger partial charge in [-0.15, -0.1) is 0 Å². The molecule has 1 atom stereocenters. The van der Waals surface area contributed by atoms with Gasteiger partial charge in [-0.3, -0.25) is 4.79 Å². The number of halogens is 5. The quantitative estimate of drug-likeness (QED) is 0.592. The molecule has 0 unspecified atom stereocenters. The molecule has 0 saturated carbocycles. The fourth-order valence-corrected chi connectivity index (χ4v) is 4.29. The van der Waals surface area contributed by atoms with E-state index in [0.29, 0.717) is 6.92 Å². The van der Waals surface area contributed by atoms with Crippen LogP contribution in [0.3, 0.4) is 0 Å². The molecule has 32 heavy (non-hydrogen) atoms. The van der Waals surface area contributed by atoms with Gasteiger partial charge < -0.3 is 14.6 Å². The van der Waals surface area contributed by atoms with E-state index < -0.39 is 68.2 Å². The van der Waals surface area contributed by atoms with Crippen LogP contribution >= 0.6 is 0 Å². The molecule has 2 aromatic rings. The molecule has 1 aromatic carbocycles. The summed E-state index contributed by atoms with van der Waals surface area (Å²) < 4.78 is 99.1. The lowest BCUT2D eigenvalue weighted by atomic mass is 10.2. The molecule has 1 amide bonds. The zero-order valence-corrected chi connectivity index (χ0v) is 17.7. The zero-order valence-electron chi connectivity index (χ0n) is 16.8. The molecular weight excluding hydrogens is 463 g/mol. The zero-order chi connectivity index (χ0) is 24.4. The van der Waals surface area contributed by atoms with Crippen molar-refractivity contribution in [3.8, 4) is 6.07 Å². The Kier molecular flexibility index (Phi) is 7.28. The second kappa shape index (κ2) is 9.23. The molecule has 2 N–H and O–H groups in total. The predicted molar refractivity (Wildman–Crippen MR) is 101 cm³/mol. The van der Waals surface area contributed by atoms with Crippen molar-refractivity contribution in [2.45, 2.75) is 30.6 Å². The molecule has 8 nitrogen and oxygen atoms in total. The van der Waals surface area contributed by atoms with Crippen LogP contribution in [0.4, 0.5) is 27.6 Å². The lowest BCUT2D eigenvalue weighted by molar-refractivity contribution is -0.147. The summed E-state index contributed by atoms with van der Waals surface area (Å²) in [6.07, 6.45) is -4.94. The van der Waals surface area contributed by atoms with Crippen LogP contribution in [0.25, 0.3) is 0 Å². The minimum atomic E-state index is -5.07. The van der Waals surface area contributed by atoms with Crippen LogP contribution in [0.1, 0.15) is 28.7 Å². The monoisotopic (exact) mass is 480 g/mol. The molecule has 14 heteroatoms. The van der Waals surface area contributed by atoms with Crippen molar-refractivity contribution >= 4 is 21.6 Å². The average molecular weight is 480 g/mol. The fraction of sp³-hybridized carbons (Fsp3) is 0.333. The number of amides is 1. The first-order chi connectivity index (χ1) is 14.7. The van der Waals surface area contributed by atoms with Crippen LogP contribution in [0.15, 0.2) is 23.1 Å². The number of nitriles is 1. The van der Waals surface area contributed by atoms with Gasteiger partial charge in [-0.05, 0) is 25.1 Å². The predicted octanol–water partition coefficient (Wildman–Crippen LogP) is 2.80. The number of aromatic nitrogens is 1. The van der Waals surface area contributed by atoms with Crippen molar-refractivity contribution in [3.05, 3.63) is 46.8 Å². The van der Waals surface area contributed by atoms with E-state index in [2.05, 4.69) is 5.32 Å². The van der Waals surface area contributed by atoms with E-state index in [0.717, 1.165) is 36.9 Å². The van der Waals surface area contributed by atoms with Crippen molar-refractivity contribution in [1.82, 2.24) is 9.29 Å². The van der Waals surface area contributed by atoms with Crippen molar-refractivity contribution in [1.29, 1.82) is 5.26 Å². The number of sulfonamides is 1. The molecule has 0 aliphatic rings. The SMILES string of the molecule is COCc1c(S(=O)(=O)N[C@H](C)C(F)(F)F)c(F)c(C(=O)Nc2ccc(F)c(C#N)c2)n1C. The Hall–Kier alpha value is -3.02. The highest BCUT2D eigenvalue weighted by molar-refractivity contribution is 7.89. The second-order valence-electron chi connectivity index (χ2n) is 6.58. The standard InChI is InChI=1S/C18H17F5N4O4S/c1-9(18(21,22)23)26-32(29,30)16-13(8-31-3)27(2)15(14(16)20)17(28)25-11-4-5-12(19)10(6-11)7-24/h4-6,9,26H,8H2,1-3H3,(H,25,28)/t9-/m1/s1. The first-order valence-corrected chi connectivity index (χ1v) is 10.2. The lowest BCUT2D eigenvalue weighted by Crippen LogP contribution is -2.43. The number of hydrogen-bond donors (Lipinski definition) is 2. The number of anilines is 1. The number of nitrogens with one attached hydrogen (secondary N) is 2. The molecule has 0 bridgehead atoms. The highest BCUT2D eigenvalue weighted by Crippen LogP contribution is 2.29. The molecule has 2 rings (SSSR count). The number of alkyl halides is 3. The Balaban J connectivity index is 2.54. The number of nitrogens with zero attached hydrogens (tertiary/aromatic N) is 2. The number of rotatable bonds is 7. The van der Waals surface area contributed by atoms with Gasteiger partial charge >= 0.3 is 6.18 Å². The van der Waals surface area contributed by atoms with E-state index in [-0.39, 0.29) is 5.69 Å².